The van der Waals surface area contributed by atoms with Crippen LogP contribution in [0.3, 0.4) is 0 Å². The van der Waals surface area contributed by atoms with Gasteiger partial charge in [-0.25, -0.2) is 0 Å². The highest BCUT2D eigenvalue weighted by Crippen LogP contribution is 2.26. The van der Waals surface area contributed by atoms with Crippen molar-refractivity contribution in [2.24, 2.45) is 0 Å². The molecule has 0 bridgehead atoms. The van der Waals surface area contributed by atoms with E-state index in [4.69, 9.17) is 10.4 Å². The molecule has 0 radical (unpaired) electrons. The molecule has 0 saturated carbocycles. The Kier molecular flexibility index (Phi) is 4.73. The monoisotopic (exact) mass is 358 g/mol. The van der Waals surface area contributed by atoms with Crippen molar-refractivity contribution in [3.8, 4) is 6.07 Å². The molecule has 88 valence electrons. The lowest BCUT2D eigenvalue weighted by Crippen LogP contribution is -2.15. The number of aliphatic hydroxyl groups excluding tert-OH is 1. The van der Waals surface area contributed by atoms with Crippen LogP contribution >= 0.6 is 31.9 Å². The Morgan fingerprint density at radius 2 is 2.12 bits per heavy atom. The summed E-state index contributed by atoms with van der Waals surface area (Å²) in [6.07, 6.45) is 0. The van der Waals surface area contributed by atoms with Crippen molar-refractivity contribution in [3.63, 3.8) is 0 Å². The highest BCUT2D eigenvalue weighted by Gasteiger charge is 2.13. The maximum atomic E-state index is 11.6. The minimum atomic E-state index is -0.643. The second-order valence-corrected chi connectivity index (χ2v) is 4.92. The molecule has 0 fully saturated rings. The third kappa shape index (κ3) is 3.58. The molecule has 0 aliphatic heterocycles. The smallest absolute Gasteiger partial charge is 0.269 e. The minimum Gasteiger partial charge on any atom is -0.511 e. The molecule has 0 unspecified atom stereocenters. The van der Waals surface area contributed by atoms with Gasteiger partial charge in [-0.05, 0) is 41.1 Å². The average molecular weight is 360 g/mol. The number of nitrogens with zero attached hydrogens (tertiary/aromatic N) is 1. The van der Waals surface area contributed by atoms with Gasteiger partial charge < -0.3 is 10.4 Å². The largest absolute Gasteiger partial charge is 0.511 e. The number of rotatable bonds is 2. The summed E-state index contributed by atoms with van der Waals surface area (Å²) in [4.78, 5) is 11.6. The molecule has 0 saturated heterocycles. The summed E-state index contributed by atoms with van der Waals surface area (Å²) in [5, 5.41) is 20.4. The van der Waals surface area contributed by atoms with Gasteiger partial charge in [0.25, 0.3) is 5.91 Å². The first-order valence-corrected chi connectivity index (χ1v) is 6.10. The predicted octanol–water partition coefficient (Wildman–Crippen LogP) is 3.51. The number of nitriles is 1. The van der Waals surface area contributed by atoms with E-state index in [1.54, 1.807) is 24.3 Å². The van der Waals surface area contributed by atoms with Gasteiger partial charge >= 0.3 is 0 Å². The second-order valence-electron chi connectivity index (χ2n) is 3.15. The van der Waals surface area contributed by atoms with Crippen molar-refractivity contribution >= 4 is 43.5 Å². The van der Waals surface area contributed by atoms with Crippen molar-refractivity contribution in [2.75, 3.05) is 5.32 Å². The van der Waals surface area contributed by atoms with Gasteiger partial charge in [-0.3, -0.25) is 4.79 Å². The van der Waals surface area contributed by atoms with E-state index in [0.29, 0.717) is 10.2 Å². The highest BCUT2D eigenvalue weighted by atomic mass is 79.9. The van der Waals surface area contributed by atoms with Gasteiger partial charge in [0.05, 0.1) is 5.69 Å². The SMILES string of the molecule is C/C(O)=C(/C#N)C(=O)Nc1ccc(Br)cc1Br. The van der Waals surface area contributed by atoms with Crippen molar-refractivity contribution in [2.45, 2.75) is 6.92 Å². The van der Waals surface area contributed by atoms with Crippen LogP contribution in [0, 0.1) is 11.3 Å². The fraction of sp³-hybridized carbons (Fsp3) is 0.0909. The van der Waals surface area contributed by atoms with E-state index in [1.165, 1.54) is 6.92 Å². The van der Waals surface area contributed by atoms with E-state index in [1.807, 2.05) is 0 Å². The molecule has 6 heteroatoms. The quantitative estimate of drug-likeness (QED) is 0.482. The zero-order valence-electron chi connectivity index (χ0n) is 8.79. The molecule has 4 nitrogen and oxygen atoms in total. The topological polar surface area (TPSA) is 73.1 Å². The number of aliphatic hydroxyl groups is 1. The number of carbonyl (C=O) groups excluding carboxylic acids is 1. The molecule has 0 aromatic heterocycles. The zero-order chi connectivity index (χ0) is 13.0. The van der Waals surface area contributed by atoms with Crippen LogP contribution in [0.4, 0.5) is 5.69 Å². The van der Waals surface area contributed by atoms with E-state index in [2.05, 4.69) is 37.2 Å². The van der Waals surface area contributed by atoms with Crippen LogP contribution in [0.1, 0.15) is 6.92 Å². The molecule has 1 aromatic carbocycles. The molecule has 0 heterocycles. The Labute approximate surface area is 115 Å². The summed E-state index contributed by atoms with van der Waals surface area (Å²) < 4.78 is 1.53. The third-order valence-electron chi connectivity index (χ3n) is 1.88. The number of hydrogen-bond acceptors (Lipinski definition) is 3. The van der Waals surface area contributed by atoms with Gasteiger partial charge in [0.1, 0.15) is 11.8 Å². The number of anilines is 1. The maximum absolute atomic E-state index is 11.6. The first kappa shape index (κ1) is 13.7. The van der Waals surface area contributed by atoms with Crippen LogP contribution in [-0.4, -0.2) is 11.0 Å². The first-order valence-electron chi connectivity index (χ1n) is 4.52. The summed E-state index contributed by atoms with van der Waals surface area (Å²) in [6, 6.07) is 6.83. The molecule has 0 aliphatic rings. The van der Waals surface area contributed by atoms with E-state index >= 15 is 0 Å². The lowest BCUT2D eigenvalue weighted by Gasteiger charge is -2.07. The van der Waals surface area contributed by atoms with Crippen LogP contribution in [0.25, 0.3) is 0 Å². The standard InChI is InChI=1S/C11H8Br2N2O2/c1-6(16)8(5-14)11(17)15-10-3-2-7(12)4-9(10)13/h2-4,16H,1H3,(H,15,17)/b8-6+. The van der Waals surface area contributed by atoms with Crippen LogP contribution in [0.15, 0.2) is 38.5 Å². The van der Waals surface area contributed by atoms with Gasteiger partial charge in [0.2, 0.25) is 0 Å². The van der Waals surface area contributed by atoms with Crippen molar-refractivity contribution in [1.82, 2.24) is 0 Å². The van der Waals surface area contributed by atoms with E-state index < -0.39 is 5.91 Å². The molecule has 0 spiro atoms. The van der Waals surface area contributed by atoms with E-state index in [9.17, 15) is 4.79 Å². The molecular formula is C11H8Br2N2O2. The number of halogens is 2. The molecule has 1 rings (SSSR count). The molecule has 0 aliphatic carbocycles. The molecule has 0 atom stereocenters. The first-order chi connectivity index (χ1) is 7.95. The lowest BCUT2D eigenvalue weighted by atomic mass is 10.2. The van der Waals surface area contributed by atoms with Crippen molar-refractivity contribution < 1.29 is 9.90 Å². The summed E-state index contributed by atoms with van der Waals surface area (Å²) >= 11 is 6.56. The van der Waals surface area contributed by atoms with E-state index in [0.717, 1.165) is 4.47 Å². The molecule has 17 heavy (non-hydrogen) atoms. The number of benzene rings is 1. The van der Waals surface area contributed by atoms with Crippen LogP contribution in [0.5, 0.6) is 0 Å². The van der Waals surface area contributed by atoms with Gasteiger partial charge in [-0.15, -0.1) is 0 Å². The van der Waals surface area contributed by atoms with Crippen molar-refractivity contribution in [1.29, 1.82) is 5.26 Å². The Bertz CT molecular complexity index is 529. The lowest BCUT2D eigenvalue weighted by molar-refractivity contribution is -0.112. The average Bonchev–Trinajstić information content (AvgIpc) is 2.22. The second kappa shape index (κ2) is 5.84. The number of amides is 1. The maximum Gasteiger partial charge on any atom is 0.269 e. The summed E-state index contributed by atoms with van der Waals surface area (Å²) in [7, 11) is 0. The number of carbonyl (C=O) groups is 1. The van der Waals surface area contributed by atoms with Gasteiger partial charge in [-0.1, -0.05) is 15.9 Å². The Hall–Kier alpha value is -1.32. The normalized spacial score (nSPS) is 11.4. The van der Waals surface area contributed by atoms with Crippen LogP contribution < -0.4 is 5.32 Å². The highest BCUT2D eigenvalue weighted by molar-refractivity contribution is 9.11. The minimum absolute atomic E-state index is 0.306. The number of hydrogen-bond donors (Lipinski definition) is 2. The third-order valence-corrected chi connectivity index (χ3v) is 3.03. The van der Waals surface area contributed by atoms with Gasteiger partial charge in [0.15, 0.2) is 5.57 Å². The van der Waals surface area contributed by atoms with Crippen LogP contribution in [-0.2, 0) is 4.79 Å². The zero-order valence-corrected chi connectivity index (χ0v) is 12.0. The molecule has 2 N–H and O–H groups in total. The fourth-order valence-electron chi connectivity index (χ4n) is 1.07. The van der Waals surface area contributed by atoms with Crippen molar-refractivity contribution in [3.05, 3.63) is 38.5 Å². The fourth-order valence-corrected chi connectivity index (χ4v) is 2.22. The van der Waals surface area contributed by atoms with Crippen LogP contribution in [0.2, 0.25) is 0 Å². The predicted molar refractivity (Wildman–Crippen MR) is 71.4 cm³/mol. The van der Waals surface area contributed by atoms with E-state index in [-0.39, 0.29) is 11.3 Å². The Morgan fingerprint density at radius 3 is 2.59 bits per heavy atom. The number of allylic oxidation sites excluding steroid dienone is 1. The Balaban J connectivity index is 2.97. The van der Waals surface area contributed by atoms with Gasteiger partial charge in [0, 0.05) is 8.95 Å². The molecule has 1 amide bonds. The summed E-state index contributed by atoms with van der Waals surface area (Å²) in [6.45, 7) is 1.29. The Morgan fingerprint density at radius 1 is 1.47 bits per heavy atom. The molecular weight excluding hydrogens is 352 g/mol. The molecule has 1 aromatic rings. The summed E-state index contributed by atoms with van der Waals surface area (Å²) in [5.41, 5.74) is 0.215. The number of nitrogens with one attached hydrogen (secondary N) is 1. The van der Waals surface area contributed by atoms with Gasteiger partial charge in [-0.2, -0.15) is 5.26 Å². The summed E-state index contributed by atoms with van der Waals surface area (Å²) in [5.74, 6) is -0.950.